The van der Waals surface area contributed by atoms with Crippen LogP contribution < -0.4 is 10.6 Å². The van der Waals surface area contributed by atoms with E-state index in [-0.39, 0.29) is 5.91 Å². The van der Waals surface area contributed by atoms with Gasteiger partial charge in [-0.25, -0.2) is 0 Å². The molecule has 0 spiro atoms. The van der Waals surface area contributed by atoms with Crippen molar-refractivity contribution in [3.63, 3.8) is 0 Å². The van der Waals surface area contributed by atoms with Crippen LogP contribution >= 0.6 is 0 Å². The van der Waals surface area contributed by atoms with E-state index in [1.165, 1.54) is 0 Å². The number of nitrogens with zero attached hydrogens (tertiary/aromatic N) is 3. The van der Waals surface area contributed by atoms with Crippen LogP contribution in [0.1, 0.15) is 38.5 Å². The fourth-order valence-corrected chi connectivity index (χ4v) is 2.17. The first-order valence-corrected chi connectivity index (χ1v) is 7.34. The van der Waals surface area contributed by atoms with Crippen LogP contribution in [0.3, 0.4) is 0 Å². The Morgan fingerprint density at radius 3 is 2.85 bits per heavy atom. The minimum absolute atomic E-state index is 0.194. The quantitative estimate of drug-likeness (QED) is 0.692. The second-order valence-electron chi connectivity index (χ2n) is 4.94. The molecular formula is C13H23N5O2. The van der Waals surface area contributed by atoms with Gasteiger partial charge in [-0.3, -0.25) is 4.79 Å². The highest BCUT2D eigenvalue weighted by Crippen LogP contribution is 2.09. The van der Waals surface area contributed by atoms with Gasteiger partial charge in [-0.15, -0.1) is 5.10 Å². The van der Waals surface area contributed by atoms with Crippen LogP contribution in [0.2, 0.25) is 0 Å². The van der Waals surface area contributed by atoms with E-state index in [0.29, 0.717) is 31.4 Å². The Balaban J connectivity index is 1.64. The Labute approximate surface area is 119 Å². The lowest BCUT2D eigenvalue weighted by Crippen LogP contribution is -2.29. The lowest BCUT2D eigenvalue weighted by Gasteiger charge is -2.14. The topological polar surface area (TPSA) is 83.3 Å². The molecule has 2 rings (SSSR count). The Hall–Kier alpha value is -1.63. The van der Waals surface area contributed by atoms with Gasteiger partial charge in [0.05, 0.1) is 6.54 Å². The SMILES string of the molecule is CCCNCc1nnc(NCCC(=O)N2CCCC2)o1. The summed E-state index contributed by atoms with van der Waals surface area (Å²) in [6.07, 6.45) is 3.78. The Kier molecular flexibility index (Phi) is 5.79. The van der Waals surface area contributed by atoms with Crippen LogP contribution in [0.4, 0.5) is 6.01 Å². The summed E-state index contributed by atoms with van der Waals surface area (Å²) in [4.78, 5) is 13.7. The van der Waals surface area contributed by atoms with E-state index in [1.807, 2.05) is 4.90 Å². The molecule has 0 bridgehead atoms. The van der Waals surface area contributed by atoms with E-state index < -0.39 is 0 Å². The van der Waals surface area contributed by atoms with Gasteiger partial charge in [0.15, 0.2) is 0 Å². The number of carbonyl (C=O) groups is 1. The fraction of sp³-hybridized carbons (Fsp3) is 0.769. The second-order valence-corrected chi connectivity index (χ2v) is 4.94. The molecule has 112 valence electrons. The number of rotatable bonds is 8. The summed E-state index contributed by atoms with van der Waals surface area (Å²) in [5.41, 5.74) is 0. The molecule has 2 N–H and O–H groups in total. The number of hydrogen-bond acceptors (Lipinski definition) is 6. The monoisotopic (exact) mass is 281 g/mol. The van der Waals surface area contributed by atoms with Crippen LogP contribution in [-0.4, -0.2) is 47.2 Å². The Bertz CT molecular complexity index is 415. The normalized spacial score (nSPS) is 14.8. The predicted octanol–water partition coefficient (Wildman–Crippen LogP) is 0.994. The molecule has 1 aromatic rings. The van der Waals surface area contributed by atoms with E-state index in [4.69, 9.17) is 4.42 Å². The highest BCUT2D eigenvalue weighted by molar-refractivity contribution is 5.76. The first-order valence-electron chi connectivity index (χ1n) is 7.34. The van der Waals surface area contributed by atoms with Crippen molar-refractivity contribution < 1.29 is 9.21 Å². The van der Waals surface area contributed by atoms with Crippen molar-refractivity contribution in [2.75, 3.05) is 31.5 Å². The zero-order valence-electron chi connectivity index (χ0n) is 12.0. The molecule has 2 heterocycles. The molecular weight excluding hydrogens is 258 g/mol. The molecule has 1 saturated heterocycles. The molecule has 1 aliphatic heterocycles. The van der Waals surface area contributed by atoms with Gasteiger partial charge < -0.3 is 20.0 Å². The van der Waals surface area contributed by atoms with Gasteiger partial charge >= 0.3 is 6.01 Å². The van der Waals surface area contributed by atoms with Crippen LogP contribution in [0, 0.1) is 0 Å². The number of nitrogens with one attached hydrogen (secondary N) is 2. The summed E-state index contributed by atoms with van der Waals surface area (Å²) in [7, 11) is 0. The Morgan fingerprint density at radius 2 is 2.10 bits per heavy atom. The minimum Gasteiger partial charge on any atom is -0.407 e. The summed E-state index contributed by atoms with van der Waals surface area (Å²) in [6, 6.07) is 0.382. The molecule has 1 amide bonds. The summed E-state index contributed by atoms with van der Waals surface area (Å²) >= 11 is 0. The first-order chi connectivity index (χ1) is 9.79. The van der Waals surface area contributed by atoms with Gasteiger partial charge in [0.25, 0.3) is 0 Å². The van der Waals surface area contributed by atoms with Crippen LogP contribution in [-0.2, 0) is 11.3 Å². The number of amides is 1. The smallest absolute Gasteiger partial charge is 0.315 e. The molecule has 0 atom stereocenters. The zero-order valence-corrected chi connectivity index (χ0v) is 12.0. The van der Waals surface area contributed by atoms with E-state index in [1.54, 1.807) is 0 Å². The van der Waals surface area contributed by atoms with E-state index in [2.05, 4.69) is 27.8 Å². The molecule has 1 aromatic heterocycles. The molecule has 1 aliphatic rings. The van der Waals surface area contributed by atoms with Crippen molar-refractivity contribution in [2.45, 2.75) is 39.2 Å². The fourth-order valence-electron chi connectivity index (χ4n) is 2.17. The lowest BCUT2D eigenvalue weighted by atomic mass is 10.3. The molecule has 7 nitrogen and oxygen atoms in total. The van der Waals surface area contributed by atoms with E-state index in [9.17, 15) is 4.79 Å². The summed E-state index contributed by atoms with van der Waals surface area (Å²) in [5, 5.41) is 14.0. The number of hydrogen-bond donors (Lipinski definition) is 2. The summed E-state index contributed by atoms with van der Waals surface area (Å²) < 4.78 is 5.42. The summed E-state index contributed by atoms with van der Waals surface area (Å²) in [6.45, 7) is 5.93. The van der Waals surface area contributed by atoms with Crippen molar-refractivity contribution >= 4 is 11.9 Å². The van der Waals surface area contributed by atoms with Gasteiger partial charge in [0, 0.05) is 26.1 Å². The van der Waals surface area contributed by atoms with Gasteiger partial charge in [0.2, 0.25) is 11.8 Å². The minimum atomic E-state index is 0.194. The van der Waals surface area contributed by atoms with Crippen molar-refractivity contribution in [1.29, 1.82) is 0 Å². The second kappa shape index (κ2) is 7.84. The predicted molar refractivity (Wildman–Crippen MR) is 75.2 cm³/mol. The number of aromatic nitrogens is 2. The first kappa shape index (κ1) is 14.8. The van der Waals surface area contributed by atoms with Crippen LogP contribution in [0.15, 0.2) is 4.42 Å². The van der Waals surface area contributed by atoms with Gasteiger partial charge in [-0.1, -0.05) is 12.0 Å². The standard InChI is InChI=1S/C13H23N5O2/c1-2-6-14-10-11-16-17-13(20-11)15-7-5-12(19)18-8-3-4-9-18/h14H,2-10H2,1H3,(H,15,17). The maximum absolute atomic E-state index is 11.8. The van der Waals surface area contributed by atoms with Gasteiger partial charge in [0.1, 0.15) is 0 Å². The third-order valence-electron chi connectivity index (χ3n) is 3.24. The third kappa shape index (κ3) is 4.48. The zero-order chi connectivity index (χ0) is 14.2. The Morgan fingerprint density at radius 1 is 1.30 bits per heavy atom. The highest BCUT2D eigenvalue weighted by atomic mass is 16.4. The number of likely N-dealkylation sites (tertiary alicyclic amines) is 1. The molecule has 0 aromatic carbocycles. The molecule has 0 saturated carbocycles. The highest BCUT2D eigenvalue weighted by Gasteiger charge is 2.17. The molecule has 20 heavy (non-hydrogen) atoms. The number of carbonyl (C=O) groups excluding carboxylic acids is 1. The van der Waals surface area contributed by atoms with Crippen LogP contribution in [0.25, 0.3) is 0 Å². The summed E-state index contributed by atoms with van der Waals surface area (Å²) in [5.74, 6) is 0.756. The average Bonchev–Trinajstić information content (AvgIpc) is 3.10. The maximum atomic E-state index is 11.8. The average molecular weight is 281 g/mol. The van der Waals surface area contributed by atoms with Crippen LogP contribution in [0.5, 0.6) is 0 Å². The lowest BCUT2D eigenvalue weighted by molar-refractivity contribution is -0.129. The largest absolute Gasteiger partial charge is 0.407 e. The number of anilines is 1. The van der Waals surface area contributed by atoms with Gasteiger partial charge in [-0.2, -0.15) is 0 Å². The van der Waals surface area contributed by atoms with Crippen molar-refractivity contribution in [3.8, 4) is 0 Å². The van der Waals surface area contributed by atoms with Crippen molar-refractivity contribution in [3.05, 3.63) is 5.89 Å². The molecule has 1 fully saturated rings. The van der Waals surface area contributed by atoms with E-state index in [0.717, 1.165) is 38.9 Å². The molecule has 0 radical (unpaired) electrons. The maximum Gasteiger partial charge on any atom is 0.315 e. The van der Waals surface area contributed by atoms with Crippen molar-refractivity contribution in [1.82, 2.24) is 20.4 Å². The molecule has 0 aliphatic carbocycles. The van der Waals surface area contributed by atoms with Gasteiger partial charge in [-0.05, 0) is 25.8 Å². The van der Waals surface area contributed by atoms with E-state index >= 15 is 0 Å². The molecule has 7 heteroatoms. The third-order valence-corrected chi connectivity index (χ3v) is 3.24. The molecule has 0 unspecified atom stereocenters. The van der Waals surface area contributed by atoms with Crippen molar-refractivity contribution in [2.24, 2.45) is 0 Å².